The molecular weight excluding hydrogens is 230 g/mol. The van der Waals surface area contributed by atoms with E-state index in [4.69, 9.17) is 4.74 Å². The van der Waals surface area contributed by atoms with Gasteiger partial charge in [-0.3, -0.25) is 0 Å². The number of nitrogens with zero attached hydrogens (tertiary/aromatic N) is 3. The number of likely N-dealkylation sites (tertiary alicyclic amines) is 1. The lowest BCUT2D eigenvalue weighted by molar-refractivity contribution is 0.0292. The molecule has 1 saturated heterocycles. The van der Waals surface area contributed by atoms with Gasteiger partial charge in [-0.25, -0.2) is 4.79 Å². The first-order chi connectivity index (χ1) is 8.46. The second-order valence-corrected chi connectivity index (χ2v) is 5.56. The zero-order valence-corrected chi connectivity index (χ0v) is 11.1. The van der Waals surface area contributed by atoms with Gasteiger partial charge in [-0.1, -0.05) is 0 Å². The topological polar surface area (TPSA) is 55.3 Å². The fourth-order valence-corrected chi connectivity index (χ4v) is 2.03. The Bertz CT molecular complexity index is 414. The summed E-state index contributed by atoms with van der Waals surface area (Å²) in [5.74, 6) is 0.270. The van der Waals surface area contributed by atoms with Crippen molar-refractivity contribution >= 4 is 6.09 Å². The van der Waals surface area contributed by atoms with Crippen LogP contribution in [0.1, 0.15) is 38.8 Å². The molecule has 1 unspecified atom stereocenters. The predicted molar refractivity (Wildman–Crippen MR) is 67.2 cm³/mol. The molecule has 1 amide bonds. The third-order valence-electron chi connectivity index (χ3n) is 2.85. The van der Waals surface area contributed by atoms with Crippen molar-refractivity contribution in [3.63, 3.8) is 0 Å². The molecule has 1 fully saturated rings. The van der Waals surface area contributed by atoms with E-state index in [-0.39, 0.29) is 12.0 Å². The first-order valence-electron chi connectivity index (χ1n) is 6.21. The van der Waals surface area contributed by atoms with Crippen molar-refractivity contribution in [3.8, 4) is 0 Å². The molecule has 0 aromatic carbocycles. The number of aromatic nitrogens is 2. The van der Waals surface area contributed by atoms with Gasteiger partial charge < -0.3 is 9.64 Å². The summed E-state index contributed by atoms with van der Waals surface area (Å²) in [6.45, 7) is 7.01. The lowest BCUT2D eigenvalue weighted by Crippen LogP contribution is -2.35. The summed E-state index contributed by atoms with van der Waals surface area (Å²) in [7, 11) is 0. The lowest BCUT2D eigenvalue weighted by Gasteiger charge is -2.24. The summed E-state index contributed by atoms with van der Waals surface area (Å²) in [4.78, 5) is 13.6. The van der Waals surface area contributed by atoms with E-state index in [1.807, 2.05) is 32.9 Å². The molecule has 2 heterocycles. The maximum absolute atomic E-state index is 11.9. The predicted octanol–water partition coefficient (Wildman–Crippen LogP) is 2.20. The van der Waals surface area contributed by atoms with E-state index in [0.29, 0.717) is 6.54 Å². The van der Waals surface area contributed by atoms with Gasteiger partial charge in [-0.2, -0.15) is 10.2 Å². The van der Waals surface area contributed by atoms with Crippen LogP contribution in [0.3, 0.4) is 0 Å². The number of carbonyl (C=O) groups excluding carboxylic acids is 1. The van der Waals surface area contributed by atoms with Gasteiger partial charge in [0.15, 0.2) is 0 Å². The Hall–Kier alpha value is -1.65. The van der Waals surface area contributed by atoms with Crippen molar-refractivity contribution in [1.29, 1.82) is 0 Å². The molecule has 0 bridgehead atoms. The minimum absolute atomic E-state index is 0.242. The van der Waals surface area contributed by atoms with Crippen molar-refractivity contribution in [1.82, 2.24) is 15.1 Å². The van der Waals surface area contributed by atoms with Crippen LogP contribution in [0.25, 0.3) is 0 Å². The maximum Gasteiger partial charge on any atom is 0.410 e. The molecule has 0 N–H and O–H groups in total. The van der Waals surface area contributed by atoms with Crippen LogP contribution in [0.15, 0.2) is 18.3 Å². The highest BCUT2D eigenvalue weighted by Gasteiger charge is 2.31. The summed E-state index contributed by atoms with van der Waals surface area (Å²) >= 11 is 0. The van der Waals surface area contributed by atoms with E-state index in [2.05, 4.69) is 10.2 Å². The molecule has 2 rings (SSSR count). The fourth-order valence-electron chi connectivity index (χ4n) is 2.03. The Kier molecular flexibility index (Phi) is 3.50. The summed E-state index contributed by atoms with van der Waals surface area (Å²) < 4.78 is 5.36. The molecule has 0 radical (unpaired) electrons. The van der Waals surface area contributed by atoms with Crippen LogP contribution in [0.5, 0.6) is 0 Å². The molecular formula is C13H19N3O2. The molecule has 1 aliphatic heterocycles. The number of hydrogen-bond donors (Lipinski definition) is 0. The van der Waals surface area contributed by atoms with E-state index in [0.717, 1.165) is 18.7 Å². The molecule has 5 nitrogen and oxygen atoms in total. The Morgan fingerprint density at radius 2 is 2.28 bits per heavy atom. The van der Waals surface area contributed by atoms with Crippen molar-refractivity contribution < 1.29 is 9.53 Å². The molecule has 0 saturated carbocycles. The van der Waals surface area contributed by atoms with Crippen molar-refractivity contribution in [3.05, 3.63) is 24.0 Å². The van der Waals surface area contributed by atoms with Crippen LogP contribution in [0.2, 0.25) is 0 Å². The standard InChI is InChI=1S/C13H19N3O2/c1-13(2,3)18-12(17)16-8-6-10(9-16)11-5-4-7-14-15-11/h4-5,7,10H,6,8-9H2,1-3H3. The van der Waals surface area contributed by atoms with Crippen LogP contribution in [0, 0.1) is 0 Å². The molecule has 1 atom stereocenters. The molecule has 18 heavy (non-hydrogen) atoms. The van der Waals surface area contributed by atoms with Gasteiger partial charge in [0.25, 0.3) is 0 Å². The Morgan fingerprint density at radius 3 is 2.89 bits per heavy atom. The summed E-state index contributed by atoms with van der Waals surface area (Å²) in [5, 5.41) is 7.97. The number of carbonyl (C=O) groups is 1. The van der Waals surface area contributed by atoms with Crippen LogP contribution >= 0.6 is 0 Å². The van der Waals surface area contributed by atoms with Gasteiger partial charge >= 0.3 is 6.09 Å². The fraction of sp³-hybridized carbons (Fsp3) is 0.615. The third-order valence-corrected chi connectivity index (χ3v) is 2.85. The minimum Gasteiger partial charge on any atom is -0.444 e. The van der Waals surface area contributed by atoms with E-state index >= 15 is 0 Å². The van der Waals surface area contributed by atoms with Gasteiger partial charge in [-0.05, 0) is 39.3 Å². The average molecular weight is 249 g/mol. The van der Waals surface area contributed by atoms with E-state index in [1.54, 1.807) is 11.1 Å². The third kappa shape index (κ3) is 3.18. The lowest BCUT2D eigenvalue weighted by atomic mass is 10.1. The number of amides is 1. The highest BCUT2D eigenvalue weighted by Crippen LogP contribution is 2.26. The largest absolute Gasteiger partial charge is 0.444 e. The Morgan fingerprint density at radius 1 is 1.50 bits per heavy atom. The van der Waals surface area contributed by atoms with Crippen molar-refractivity contribution in [2.24, 2.45) is 0 Å². The van der Waals surface area contributed by atoms with Crippen LogP contribution in [-0.4, -0.2) is 39.9 Å². The first-order valence-corrected chi connectivity index (χ1v) is 6.21. The van der Waals surface area contributed by atoms with Crippen molar-refractivity contribution in [2.45, 2.75) is 38.7 Å². The van der Waals surface area contributed by atoms with E-state index in [9.17, 15) is 4.79 Å². The quantitative estimate of drug-likeness (QED) is 0.765. The molecule has 1 aromatic heterocycles. The van der Waals surface area contributed by atoms with E-state index in [1.165, 1.54) is 0 Å². The summed E-state index contributed by atoms with van der Waals surface area (Å²) in [6.07, 6.45) is 2.33. The zero-order valence-electron chi connectivity index (χ0n) is 11.1. The molecule has 1 aliphatic rings. The monoisotopic (exact) mass is 249 g/mol. The van der Waals surface area contributed by atoms with Gasteiger partial charge in [0.2, 0.25) is 0 Å². The van der Waals surface area contributed by atoms with Gasteiger partial charge in [0.1, 0.15) is 5.60 Å². The number of rotatable bonds is 1. The number of hydrogen-bond acceptors (Lipinski definition) is 4. The summed E-state index contributed by atoms with van der Waals surface area (Å²) in [6, 6.07) is 3.83. The highest BCUT2D eigenvalue weighted by atomic mass is 16.6. The first kappa shape index (κ1) is 12.8. The average Bonchev–Trinajstić information content (AvgIpc) is 2.77. The number of ether oxygens (including phenoxy) is 1. The van der Waals surface area contributed by atoms with Crippen LogP contribution < -0.4 is 0 Å². The molecule has 5 heteroatoms. The van der Waals surface area contributed by atoms with Gasteiger partial charge in [-0.15, -0.1) is 0 Å². The van der Waals surface area contributed by atoms with Crippen LogP contribution in [-0.2, 0) is 4.74 Å². The molecule has 98 valence electrons. The normalized spacial score (nSPS) is 19.9. The minimum atomic E-state index is -0.443. The van der Waals surface area contributed by atoms with Crippen molar-refractivity contribution in [2.75, 3.05) is 13.1 Å². The zero-order chi connectivity index (χ0) is 13.2. The summed E-state index contributed by atoms with van der Waals surface area (Å²) in [5.41, 5.74) is 0.505. The highest BCUT2D eigenvalue weighted by molar-refractivity contribution is 5.68. The Labute approximate surface area is 107 Å². The second kappa shape index (κ2) is 4.92. The van der Waals surface area contributed by atoms with Crippen LogP contribution in [0.4, 0.5) is 4.79 Å². The van der Waals surface area contributed by atoms with Gasteiger partial charge in [0, 0.05) is 25.2 Å². The SMILES string of the molecule is CC(C)(C)OC(=O)N1CCC(c2cccnn2)C1. The Balaban J connectivity index is 1.95. The van der Waals surface area contributed by atoms with E-state index < -0.39 is 5.60 Å². The van der Waals surface area contributed by atoms with Gasteiger partial charge in [0.05, 0.1) is 5.69 Å². The second-order valence-electron chi connectivity index (χ2n) is 5.56. The maximum atomic E-state index is 11.9. The molecule has 0 aliphatic carbocycles. The molecule has 0 spiro atoms. The molecule has 1 aromatic rings. The smallest absolute Gasteiger partial charge is 0.410 e.